The van der Waals surface area contributed by atoms with Crippen molar-refractivity contribution in [2.45, 2.75) is 70.8 Å². The van der Waals surface area contributed by atoms with Crippen LogP contribution in [0.2, 0.25) is 0 Å². The lowest BCUT2D eigenvalue weighted by atomic mass is 9.79. The topological polar surface area (TPSA) is 104 Å². The number of carbonyl (C=O) groups excluding carboxylic acids is 1. The fraction of sp³-hybridized carbons (Fsp3) is 0.812. The molecule has 0 heterocycles. The number of rotatable bonds is 9. The van der Waals surface area contributed by atoms with E-state index in [4.69, 9.17) is 10.2 Å². The second-order valence-electron chi connectivity index (χ2n) is 6.19. The molecule has 126 valence electrons. The van der Waals surface area contributed by atoms with E-state index in [0.717, 1.165) is 25.7 Å². The van der Waals surface area contributed by atoms with Gasteiger partial charge in [0.25, 0.3) is 0 Å². The molecule has 1 aliphatic rings. The third-order valence-corrected chi connectivity index (χ3v) is 4.44. The molecule has 1 fully saturated rings. The Morgan fingerprint density at radius 2 is 1.77 bits per heavy atom. The van der Waals surface area contributed by atoms with Crippen molar-refractivity contribution < 1.29 is 24.6 Å². The molecule has 3 N–H and O–H groups in total. The van der Waals surface area contributed by atoms with Gasteiger partial charge < -0.3 is 15.5 Å². The molecule has 0 radical (unpaired) electrons. The summed E-state index contributed by atoms with van der Waals surface area (Å²) in [7, 11) is 0. The van der Waals surface area contributed by atoms with Crippen LogP contribution in [0.1, 0.15) is 64.7 Å². The average molecular weight is 313 g/mol. The van der Waals surface area contributed by atoms with Crippen LogP contribution in [0.3, 0.4) is 0 Å². The van der Waals surface area contributed by atoms with Crippen LogP contribution in [-0.4, -0.2) is 34.1 Å². The summed E-state index contributed by atoms with van der Waals surface area (Å²) in [6.45, 7) is 2.17. The second-order valence-corrected chi connectivity index (χ2v) is 6.19. The summed E-state index contributed by atoms with van der Waals surface area (Å²) in [4.78, 5) is 33.8. The van der Waals surface area contributed by atoms with Gasteiger partial charge in [-0.2, -0.15) is 0 Å². The molecule has 0 bridgehead atoms. The monoisotopic (exact) mass is 313 g/mol. The Kier molecular flexibility index (Phi) is 7.91. The predicted octanol–water partition coefficient (Wildman–Crippen LogP) is 2.42. The van der Waals surface area contributed by atoms with Crippen molar-refractivity contribution in [3.8, 4) is 0 Å². The van der Waals surface area contributed by atoms with Crippen LogP contribution >= 0.6 is 0 Å². The first-order valence-corrected chi connectivity index (χ1v) is 8.19. The highest BCUT2D eigenvalue weighted by molar-refractivity contribution is 5.85. The molecule has 0 spiro atoms. The maximum absolute atomic E-state index is 12.2. The van der Waals surface area contributed by atoms with Crippen molar-refractivity contribution in [1.29, 1.82) is 0 Å². The number of hydrogen-bond donors (Lipinski definition) is 3. The van der Waals surface area contributed by atoms with E-state index >= 15 is 0 Å². The van der Waals surface area contributed by atoms with Crippen molar-refractivity contribution >= 4 is 17.8 Å². The molecule has 0 aliphatic heterocycles. The fourth-order valence-corrected chi connectivity index (χ4v) is 3.02. The van der Waals surface area contributed by atoms with Crippen molar-refractivity contribution in [3.63, 3.8) is 0 Å². The first kappa shape index (κ1) is 18.5. The maximum Gasteiger partial charge on any atom is 0.326 e. The molecule has 6 heteroatoms. The maximum atomic E-state index is 12.2. The molecule has 1 saturated carbocycles. The number of carboxylic acid groups (broad SMARTS) is 2. The quantitative estimate of drug-likeness (QED) is 0.606. The number of amides is 1. The minimum absolute atomic E-state index is 0.0811. The Labute approximate surface area is 131 Å². The molecule has 0 aromatic heterocycles. The highest BCUT2D eigenvalue weighted by atomic mass is 16.4. The van der Waals surface area contributed by atoms with Crippen LogP contribution in [0.15, 0.2) is 0 Å². The highest BCUT2D eigenvalue weighted by Gasteiger charge is 2.29. The summed E-state index contributed by atoms with van der Waals surface area (Å²) in [5.41, 5.74) is 0. The van der Waals surface area contributed by atoms with E-state index in [0.29, 0.717) is 5.92 Å². The molecule has 1 rings (SSSR count). The molecule has 1 aliphatic carbocycles. The molecule has 0 aromatic rings. The lowest BCUT2D eigenvalue weighted by Gasteiger charge is -2.28. The number of unbranched alkanes of at least 4 members (excludes halogenated alkanes) is 1. The zero-order valence-electron chi connectivity index (χ0n) is 13.2. The van der Waals surface area contributed by atoms with Crippen molar-refractivity contribution in [3.05, 3.63) is 0 Å². The summed E-state index contributed by atoms with van der Waals surface area (Å²) in [5, 5.41) is 20.2. The normalized spacial score (nSPS) is 22.8. The molecular formula is C16H27NO5. The number of aliphatic carboxylic acids is 2. The van der Waals surface area contributed by atoms with Gasteiger partial charge in [0, 0.05) is 12.3 Å². The Balaban J connectivity index is 2.40. The van der Waals surface area contributed by atoms with Crippen LogP contribution in [-0.2, 0) is 14.4 Å². The summed E-state index contributed by atoms with van der Waals surface area (Å²) in [6, 6.07) is -1.11. The molecule has 22 heavy (non-hydrogen) atoms. The van der Waals surface area contributed by atoms with Gasteiger partial charge in [-0.15, -0.1) is 0 Å². The summed E-state index contributed by atoms with van der Waals surface area (Å²) >= 11 is 0. The molecule has 0 saturated heterocycles. The second kappa shape index (κ2) is 9.43. The van der Waals surface area contributed by atoms with E-state index in [-0.39, 0.29) is 24.7 Å². The fourth-order valence-electron chi connectivity index (χ4n) is 3.02. The largest absolute Gasteiger partial charge is 0.481 e. The smallest absolute Gasteiger partial charge is 0.326 e. The first-order valence-electron chi connectivity index (χ1n) is 8.19. The lowest BCUT2D eigenvalue weighted by molar-refractivity contribution is -0.144. The van der Waals surface area contributed by atoms with Gasteiger partial charge in [0.1, 0.15) is 6.04 Å². The number of carbonyl (C=O) groups is 3. The van der Waals surface area contributed by atoms with Gasteiger partial charge in [0.15, 0.2) is 0 Å². The van der Waals surface area contributed by atoms with Gasteiger partial charge >= 0.3 is 11.9 Å². The van der Waals surface area contributed by atoms with E-state index in [1.54, 1.807) is 0 Å². The van der Waals surface area contributed by atoms with E-state index < -0.39 is 18.0 Å². The Hall–Kier alpha value is -1.59. The van der Waals surface area contributed by atoms with Gasteiger partial charge in [0.2, 0.25) is 5.91 Å². The van der Waals surface area contributed by atoms with Crippen LogP contribution in [0, 0.1) is 11.8 Å². The average Bonchev–Trinajstić information content (AvgIpc) is 2.49. The van der Waals surface area contributed by atoms with Gasteiger partial charge in [-0.05, 0) is 38.0 Å². The first-order chi connectivity index (χ1) is 10.4. The Morgan fingerprint density at radius 1 is 1.14 bits per heavy atom. The molecular weight excluding hydrogens is 286 g/mol. The zero-order valence-corrected chi connectivity index (χ0v) is 13.2. The van der Waals surface area contributed by atoms with Crippen LogP contribution < -0.4 is 5.32 Å². The van der Waals surface area contributed by atoms with Crippen molar-refractivity contribution in [2.75, 3.05) is 0 Å². The van der Waals surface area contributed by atoms with Crippen LogP contribution in [0.5, 0.6) is 0 Å². The minimum Gasteiger partial charge on any atom is -0.481 e. The molecule has 1 unspecified atom stereocenters. The van der Waals surface area contributed by atoms with Crippen molar-refractivity contribution in [2.24, 2.45) is 11.8 Å². The van der Waals surface area contributed by atoms with Gasteiger partial charge in [-0.3, -0.25) is 9.59 Å². The van der Waals surface area contributed by atoms with Gasteiger partial charge in [0.05, 0.1) is 0 Å². The third-order valence-electron chi connectivity index (χ3n) is 4.44. The predicted molar refractivity (Wildman–Crippen MR) is 81.4 cm³/mol. The number of carboxylic acids is 2. The summed E-state index contributed by atoms with van der Waals surface area (Å²) in [6.07, 6.45) is 6.90. The molecule has 1 atom stereocenters. The molecule has 0 aromatic carbocycles. The highest BCUT2D eigenvalue weighted by Crippen LogP contribution is 2.32. The number of nitrogens with one attached hydrogen (secondary N) is 1. The standard InChI is InChI=1S/C16H27NO5/c1-2-3-4-11-5-7-12(8-6-11)15(20)17-13(16(21)22)9-10-14(18)19/h11-13H,2-10H2,1H3,(H,17,20)(H,18,19)(H,21,22). The lowest BCUT2D eigenvalue weighted by Crippen LogP contribution is -2.44. The van der Waals surface area contributed by atoms with Crippen LogP contribution in [0.25, 0.3) is 0 Å². The molecule has 1 amide bonds. The summed E-state index contributed by atoms with van der Waals surface area (Å²) < 4.78 is 0. The number of hydrogen-bond acceptors (Lipinski definition) is 3. The van der Waals surface area contributed by atoms with E-state index in [1.165, 1.54) is 19.3 Å². The SMILES string of the molecule is CCCCC1CCC(C(=O)NC(CCC(=O)O)C(=O)O)CC1. The Morgan fingerprint density at radius 3 is 2.27 bits per heavy atom. The van der Waals surface area contributed by atoms with Crippen molar-refractivity contribution in [1.82, 2.24) is 5.32 Å². The van der Waals surface area contributed by atoms with E-state index in [9.17, 15) is 14.4 Å². The third kappa shape index (κ3) is 6.45. The van der Waals surface area contributed by atoms with Gasteiger partial charge in [-0.25, -0.2) is 4.79 Å². The molecule has 6 nitrogen and oxygen atoms in total. The van der Waals surface area contributed by atoms with Gasteiger partial charge in [-0.1, -0.05) is 26.2 Å². The zero-order chi connectivity index (χ0) is 16.5. The van der Waals surface area contributed by atoms with E-state index in [2.05, 4.69) is 12.2 Å². The van der Waals surface area contributed by atoms with E-state index in [1.807, 2.05) is 0 Å². The van der Waals surface area contributed by atoms with Crippen LogP contribution in [0.4, 0.5) is 0 Å². The minimum atomic E-state index is -1.17. The summed E-state index contributed by atoms with van der Waals surface area (Å²) in [5.74, 6) is -1.93. The Bertz CT molecular complexity index is 388.